The maximum absolute atomic E-state index is 6.08. The lowest BCUT2D eigenvalue weighted by molar-refractivity contribution is 0.0413. The monoisotopic (exact) mass is 380 g/mol. The molecular weight excluding hydrogens is 336 g/mol. The first-order chi connectivity index (χ1) is 13.3. The molecular formula is C22H44N4O. The maximum Gasteiger partial charge on any atom is 0.191 e. The molecule has 1 saturated carbocycles. The molecule has 158 valence electrons. The van der Waals surface area contributed by atoms with Crippen molar-refractivity contribution in [1.82, 2.24) is 15.5 Å². The molecule has 5 heteroatoms. The highest BCUT2D eigenvalue weighted by molar-refractivity contribution is 5.80. The van der Waals surface area contributed by atoms with E-state index in [9.17, 15) is 0 Å². The largest absolute Gasteiger partial charge is 0.378 e. The normalized spacial score (nSPS) is 21.2. The lowest BCUT2D eigenvalue weighted by Gasteiger charge is -2.32. The van der Waals surface area contributed by atoms with E-state index < -0.39 is 0 Å². The minimum absolute atomic E-state index is 0.522. The second kappa shape index (κ2) is 14.2. The second-order valence-corrected chi connectivity index (χ2v) is 8.21. The van der Waals surface area contributed by atoms with Gasteiger partial charge in [-0.15, -0.1) is 0 Å². The van der Waals surface area contributed by atoms with Crippen LogP contribution in [0.3, 0.4) is 0 Å². The van der Waals surface area contributed by atoms with Gasteiger partial charge in [0.15, 0.2) is 5.96 Å². The first kappa shape index (κ1) is 22.5. The molecule has 0 bridgehead atoms. The van der Waals surface area contributed by atoms with E-state index in [4.69, 9.17) is 9.73 Å². The van der Waals surface area contributed by atoms with Crippen molar-refractivity contribution in [2.24, 2.45) is 4.99 Å². The average molecular weight is 381 g/mol. The first-order valence-corrected chi connectivity index (χ1v) is 11.7. The van der Waals surface area contributed by atoms with Crippen molar-refractivity contribution >= 4 is 5.96 Å². The van der Waals surface area contributed by atoms with Gasteiger partial charge in [-0.1, -0.05) is 32.6 Å². The van der Waals surface area contributed by atoms with E-state index in [1.165, 1.54) is 77.4 Å². The summed E-state index contributed by atoms with van der Waals surface area (Å²) in [5, 5.41) is 7.06. The quantitative estimate of drug-likeness (QED) is 0.261. The van der Waals surface area contributed by atoms with Crippen LogP contribution in [0.15, 0.2) is 4.99 Å². The van der Waals surface area contributed by atoms with Crippen LogP contribution in [-0.2, 0) is 4.74 Å². The predicted octanol–water partition coefficient (Wildman–Crippen LogP) is 3.94. The molecule has 0 unspecified atom stereocenters. The van der Waals surface area contributed by atoms with Gasteiger partial charge in [-0.2, -0.15) is 0 Å². The van der Waals surface area contributed by atoms with Crippen LogP contribution in [-0.4, -0.2) is 62.3 Å². The Morgan fingerprint density at radius 3 is 2.41 bits per heavy atom. The van der Waals surface area contributed by atoms with Crippen LogP contribution in [0.5, 0.6) is 0 Å². The number of likely N-dealkylation sites (tertiary alicyclic amines) is 1. The number of guanidine groups is 1. The van der Waals surface area contributed by atoms with Crippen molar-refractivity contribution in [3.8, 4) is 0 Å². The van der Waals surface area contributed by atoms with Crippen molar-refractivity contribution in [2.45, 2.75) is 96.6 Å². The third-order valence-electron chi connectivity index (χ3n) is 5.79. The third-order valence-corrected chi connectivity index (χ3v) is 5.79. The molecule has 0 amide bonds. The van der Waals surface area contributed by atoms with Gasteiger partial charge in [0.1, 0.15) is 0 Å². The fraction of sp³-hybridized carbons (Fsp3) is 0.955. The molecule has 2 aliphatic rings. The van der Waals surface area contributed by atoms with Crippen LogP contribution in [0.1, 0.15) is 84.5 Å². The highest BCUT2D eigenvalue weighted by atomic mass is 16.5. The standard InChI is InChI=1S/C22H44N4O/c1-3-16-26-17-13-20(14-18-26)25-22(23-4-2)24-15-9-10-19-27-21-11-7-5-6-8-12-21/h20-21H,3-19H2,1-2H3,(H2,23,24,25). The van der Waals surface area contributed by atoms with Gasteiger partial charge < -0.3 is 20.3 Å². The number of nitrogens with one attached hydrogen (secondary N) is 2. The van der Waals surface area contributed by atoms with Gasteiger partial charge in [-0.3, -0.25) is 4.99 Å². The van der Waals surface area contributed by atoms with Crippen LogP contribution in [0.25, 0.3) is 0 Å². The van der Waals surface area contributed by atoms with Crippen LogP contribution in [0, 0.1) is 0 Å². The molecule has 27 heavy (non-hydrogen) atoms. The number of nitrogens with zero attached hydrogens (tertiary/aromatic N) is 2. The number of hydrogen-bond acceptors (Lipinski definition) is 3. The molecule has 0 atom stereocenters. The van der Waals surface area contributed by atoms with E-state index in [1.54, 1.807) is 0 Å². The average Bonchev–Trinajstić information content (AvgIpc) is 2.95. The fourth-order valence-electron chi connectivity index (χ4n) is 4.19. The van der Waals surface area contributed by atoms with E-state index in [1.807, 2.05) is 0 Å². The molecule has 1 heterocycles. The molecule has 0 spiro atoms. The number of hydrogen-bond donors (Lipinski definition) is 2. The van der Waals surface area contributed by atoms with Crippen molar-refractivity contribution in [2.75, 3.05) is 39.3 Å². The third kappa shape index (κ3) is 9.79. The zero-order chi connectivity index (χ0) is 19.2. The minimum Gasteiger partial charge on any atom is -0.378 e. The topological polar surface area (TPSA) is 48.9 Å². The maximum atomic E-state index is 6.08. The van der Waals surface area contributed by atoms with Crippen molar-refractivity contribution in [1.29, 1.82) is 0 Å². The molecule has 0 radical (unpaired) electrons. The van der Waals surface area contributed by atoms with E-state index >= 15 is 0 Å². The summed E-state index contributed by atoms with van der Waals surface area (Å²) in [5.41, 5.74) is 0. The van der Waals surface area contributed by atoms with E-state index in [0.29, 0.717) is 12.1 Å². The Labute approximate surface area is 167 Å². The van der Waals surface area contributed by atoms with Crippen LogP contribution >= 0.6 is 0 Å². The van der Waals surface area contributed by atoms with E-state index in [2.05, 4.69) is 29.4 Å². The van der Waals surface area contributed by atoms with E-state index in [0.717, 1.165) is 38.5 Å². The zero-order valence-corrected chi connectivity index (χ0v) is 18.0. The van der Waals surface area contributed by atoms with Gasteiger partial charge in [-0.25, -0.2) is 0 Å². The van der Waals surface area contributed by atoms with Crippen LogP contribution < -0.4 is 10.6 Å². The number of piperidine rings is 1. The Hall–Kier alpha value is -0.810. The smallest absolute Gasteiger partial charge is 0.191 e. The number of unbranched alkanes of at least 4 members (excludes halogenated alkanes) is 1. The Bertz CT molecular complexity index is 386. The van der Waals surface area contributed by atoms with E-state index in [-0.39, 0.29) is 0 Å². The summed E-state index contributed by atoms with van der Waals surface area (Å²) in [6.45, 7) is 10.8. The Balaban J connectivity index is 1.59. The molecule has 5 nitrogen and oxygen atoms in total. The van der Waals surface area contributed by atoms with Gasteiger partial charge >= 0.3 is 0 Å². The SMILES string of the molecule is CCCN1CCC(NC(=NCCCCOC2CCCCCC2)NCC)CC1. The van der Waals surface area contributed by atoms with Gasteiger partial charge in [0.25, 0.3) is 0 Å². The molecule has 0 aromatic heterocycles. The summed E-state index contributed by atoms with van der Waals surface area (Å²) >= 11 is 0. The Kier molecular flexibility index (Phi) is 11.8. The van der Waals surface area contributed by atoms with Gasteiger partial charge in [0.05, 0.1) is 6.10 Å². The minimum atomic E-state index is 0.522. The van der Waals surface area contributed by atoms with Gasteiger partial charge in [0, 0.05) is 38.8 Å². The summed E-state index contributed by atoms with van der Waals surface area (Å²) in [6, 6.07) is 0.564. The second-order valence-electron chi connectivity index (χ2n) is 8.21. The summed E-state index contributed by atoms with van der Waals surface area (Å²) in [5.74, 6) is 0.996. The van der Waals surface area contributed by atoms with Crippen molar-refractivity contribution < 1.29 is 4.74 Å². The number of rotatable bonds is 10. The molecule has 0 aromatic carbocycles. The molecule has 0 aromatic rings. The van der Waals surface area contributed by atoms with Gasteiger partial charge in [-0.05, 0) is 58.4 Å². The molecule has 2 N–H and O–H groups in total. The molecule has 2 rings (SSSR count). The Morgan fingerprint density at radius 1 is 1.00 bits per heavy atom. The summed E-state index contributed by atoms with van der Waals surface area (Å²) < 4.78 is 6.08. The first-order valence-electron chi connectivity index (χ1n) is 11.7. The summed E-state index contributed by atoms with van der Waals surface area (Å²) in [4.78, 5) is 7.37. The molecule has 1 aliphatic heterocycles. The highest BCUT2D eigenvalue weighted by Crippen LogP contribution is 2.20. The lowest BCUT2D eigenvalue weighted by atomic mass is 10.1. The van der Waals surface area contributed by atoms with Crippen LogP contribution in [0.4, 0.5) is 0 Å². The van der Waals surface area contributed by atoms with Crippen molar-refractivity contribution in [3.05, 3.63) is 0 Å². The van der Waals surface area contributed by atoms with Crippen molar-refractivity contribution in [3.63, 3.8) is 0 Å². The van der Waals surface area contributed by atoms with Crippen LogP contribution in [0.2, 0.25) is 0 Å². The number of aliphatic imine (C=N–C) groups is 1. The predicted molar refractivity (Wildman–Crippen MR) is 116 cm³/mol. The molecule has 1 aliphatic carbocycles. The summed E-state index contributed by atoms with van der Waals surface area (Å²) in [6.07, 6.45) is 14.5. The molecule has 1 saturated heterocycles. The molecule has 2 fully saturated rings. The highest BCUT2D eigenvalue weighted by Gasteiger charge is 2.19. The number of ether oxygens (including phenoxy) is 1. The van der Waals surface area contributed by atoms with Gasteiger partial charge in [0.2, 0.25) is 0 Å². The fourth-order valence-corrected chi connectivity index (χ4v) is 4.19. The lowest BCUT2D eigenvalue weighted by Crippen LogP contribution is -2.48. The zero-order valence-electron chi connectivity index (χ0n) is 18.0. The summed E-state index contributed by atoms with van der Waals surface area (Å²) in [7, 11) is 0. The Morgan fingerprint density at radius 2 is 1.74 bits per heavy atom.